The van der Waals surface area contributed by atoms with Gasteiger partial charge in [0.25, 0.3) is 0 Å². The number of hydrogen-bond acceptors (Lipinski definition) is 3. The van der Waals surface area contributed by atoms with E-state index in [4.69, 9.17) is 22.1 Å². The third kappa shape index (κ3) is 4.26. The van der Waals surface area contributed by atoms with Gasteiger partial charge in [0.05, 0.1) is 0 Å². The Morgan fingerprint density at radius 3 is 3.00 bits per heavy atom. The van der Waals surface area contributed by atoms with Gasteiger partial charge in [0, 0.05) is 36.9 Å². The molecule has 102 valence electrons. The number of aryl methyl sites for hydroxylation is 2. The lowest BCUT2D eigenvalue weighted by Gasteiger charge is -2.13. The molecule has 1 aromatic heterocycles. The van der Waals surface area contributed by atoms with E-state index >= 15 is 0 Å². The Labute approximate surface area is 118 Å². The van der Waals surface area contributed by atoms with Crippen LogP contribution in [-0.4, -0.2) is 22.2 Å². The standard InChI is InChI=1S/C14H18ClN3O/c1-18-8-7-17-14(18)6-5-12(16)10-19-13-4-2-3-11(15)9-13/h2-4,7-9,12H,5-6,10,16H2,1H3. The lowest BCUT2D eigenvalue weighted by molar-refractivity contribution is 0.281. The molecule has 0 aliphatic heterocycles. The average Bonchev–Trinajstić information content (AvgIpc) is 2.80. The minimum absolute atomic E-state index is 0.0179. The highest BCUT2D eigenvalue weighted by molar-refractivity contribution is 6.30. The largest absolute Gasteiger partial charge is 0.492 e. The van der Waals surface area contributed by atoms with E-state index < -0.39 is 0 Å². The Balaban J connectivity index is 1.76. The molecule has 0 amide bonds. The molecule has 0 fully saturated rings. The maximum absolute atomic E-state index is 6.03. The van der Waals surface area contributed by atoms with Crippen molar-refractivity contribution < 1.29 is 4.74 Å². The quantitative estimate of drug-likeness (QED) is 0.883. The van der Waals surface area contributed by atoms with Crippen molar-refractivity contribution in [3.63, 3.8) is 0 Å². The summed E-state index contributed by atoms with van der Waals surface area (Å²) in [4.78, 5) is 4.27. The Kier molecular flexibility index (Phi) is 4.82. The van der Waals surface area contributed by atoms with Crippen molar-refractivity contribution in [2.75, 3.05) is 6.61 Å². The zero-order valence-corrected chi connectivity index (χ0v) is 11.7. The molecule has 1 heterocycles. The highest BCUT2D eigenvalue weighted by Crippen LogP contribution is 2.17. The van der Waals surface area contributed by atoms with Crippen LogP contribution in [0.2, 0.25) is 5.02 Å². The molecule has 2 N–H and O–H groups in total. The summed E-state index contributed by atoms with van der Waals surface area (Å²) in [5.74, 6) is 1.79. The summed E-state index contributed by atoms with van der Waals surface area (Å²) in [5.41, 5.74) is 6.03. The molecule has 0 saturated carbocycles. The Morgan fingerprint density at radius 1 is 1.47 bits per heavy atom. The molecule has 1 unspecified atom stereocenters. The van der Waals surface area contributed by atoms with Gasteiger partial charge in [0.15, 0.2) is 0 Å². The number of aromatic nitrogens is 2. The topological polar surface area (TPSA) is 53.1 Å². The fourth-order valence-corrected chi connectivity index (χ4v) is 1.98. The minimum atomic E-state index is -0.0179. The Morgan fingerprint density at radius 2 is 2.32 bits per heavy atom. The van der Waals surface area contributed by atoms with Crippen molar-refractivity contribution in [3.8, 4) is 5.75 Å². The van der Waals surface area contributed by atoms with Gasteiger partial charge in [0.2, 0.25) is 0 Å². The number of nitrogens with two attached hydrogens (primary N) is 1. The lowest BCUT2D eigenvalue weighted by atomic mass is 10.2. The molecule has 0 radical (unpaired) electrons. The van der Waals surface area contributed by atoms with Crippen LogP contribution in [0.3, 0.4) is 0 Å². The molecule has 0 bridgehead atoms. The molecule has 0 aliphatic carbocycles. The second-order valence-corrected chi connectivity index (χ2v) is 4.96. The van der Waals surface area contributed by atoms with Crippen molar-refractivity contribution in [3.05, 3.63) is 47.5 Å². The van der Waals surface area contributed by atoms with E-state index in [0.717, 1.165) is 24.4 Å². The van der Waals surface area contributed by atoms with Gasteiger partial charge in [-0.2, -0.15) is 0 Å². The predicted octanol–water partition coefficient (Wildman–Crippen LogP) is 2.41. The van der Waals surface area contributed by atoms with Crippen LogP contribution in [0, 0.1) is 0 Å². The molecular weight excluding hydrogens is 262 g/mol. The van der Waals surface area contributed by atoms with E-state index in [1.807, 2.05) is 36.0 Å². The lowest BCUT2D eigenvalue weighted by Crippen LogP contribution is -2.28. The molecule has 0 saturated heterocycles. The fraction of sp³-hybridized carbons (Fsp3) is 0.357. The number of hydrogen-bond donors (Lipinski definition) is 1. The van der Waals surface area contributed by atoms with E-state index in [-0.39, 0.29) is 6.04 Å². The highest BCUT2D eigenvalue weighted by atomic mass is 35.5. The van der Waals surface area contributed by atoms with Crippen molar-refractivity contribution in [1.82, 2.24) is 9.55 Å². The number of halogens is 1. The zero-order valence-electron chi connectivity index (χ0n) is 10.9. The second kappa shape index (κ2) is 6.59. The first kappa shape index (κ1) is 13.9. The van der Waals surface area contributed by atoms with Crippen LogP contribution in [0.5, 0.6) is 5.75 Å². The van der Waals surface area contributed by atoms with E-state index in [9.17, 15) is 0 Å². The number of ether oxygens (including phenoxy) is 1. The van der Waals surface area contributed by atoms with E-state index in [0.29, 0.717) is 11.6 Å². The molecule has 19 heavy (non-hydrogen) atoms. The SMILES string of the molecule is Cn1ccnc1CCC(N)COc1cccc(Cl)c1. The molecule has 2 rings (SSSR count). The van der Waals surface area contributed by atoms with Crippen molar-refractivity contribution in [2.24, 2.45) is 12.8 Å². The highest BCUT2D eigenvalue weighted by Gasteiger charge is 2.07. The van der Waals surface area contributed by atoms with Crippen molar-refractivity contribution in [2.45, 2.75) is 18.9 Å². The minimum Gasteiger partial charge on any atom is -0.492 e. The summed E-state index contributed by atoms with van der Waals surface area (Å²) in [6.45, 7) is 0.477. The molecule has 5 heteroatoms. The number of nitrogens with zero attached hydrogens (tertiary/aromatic N) is 2. The maximum Gasteiger partial charge on any atom is 0.120 e. The average molecular weight is 280 g/mol. The van der Waals surface area contributed by atoms with Crippen LogP contribution in [0.4, 0.5) is 0 Å². The summed E-state index contributed by atoms with van der Waals surface area (Å²) in [6.07, 6.45) is 5.42. The molecule has 1 aromatic carbocycles. The third-order valence-corrected chi connectivity index (χ3v) is 3.15. The summed E-state index contributed by atoms with van der Waals surface area (Å²) < 4.78 is 7.62. The van der Waals surface area contributed by atoms with Gasteiger partial charge in [-0.05, 0) is 24.6 Å². The zero-order chi connectivity index (χ0) is 13.7. The number of benzene rings is 1. The summed E-state index contributed by atoms with van der Waals surface area (Å²) >= 11 is 5.88. The predicted molar refractivity (Wildman–Crippen MR) is 76.5 cm³/mol. The van der Waals surface area contributed by atoms with Gasteiger partial charge in [-0.25, -0.2) is 4.98 Å². The first-order chi connectivity index (χ1) is 9.15. The van der Waals surface area contributed by atoms with E-state index in [1.54, 1.807) is 12.3 Å². The van der Waals surface area contributed by atoms with Crippen LogP contribution in [0.1, 0.15) is 12.2 Å². The van der Waals surface area contributed by atoms with Crippen LogP contribution >= 0.6 is 11.6 Å². The summed E-state index contributed by atoms with van der Waals surface area (Å²) in [7, 11) is 1.98. The summed E-state index contributed by atoms with van der Waals surface area (Å²) in [5, 5.41) is 0.666. The van der Waals surface area contributed by atoms with Gasteiger partial charge < -0.3 is 15.0 Å². The summed E-state index contributed by atoms with van der Waals surface area (Å²) in [6, 6.07) is 7.31. The molecule has 1 atom stereocenters. The van der Waals surface area contributed by atoms with Gasteiger partial charge in [-0.1, -0.05) is 17.7 Å². The molecular formula is C14H18ClN3O. The molecule has 2 aromatic rings. The number of rotatable bonds is 6. The molecule has 0 spiro atoms. The van der Waals surface area contributed by atoms with Crippen molar-refractivity contribution >= 4 is 11.6 Å². The Bertz CT molecular complexity index is 527. The molecule has 0 aliphatic rings. The van der Waals surface area contributed by atoms with Gasteiger partial charge in [-0.15, -0.1) is 0 Å². The van der Waals surface area contributed by atoms with Crippen LogP contribution in [0.25, 0.3) is 0 Å². The van der Waals surface area contributed by atoms with Crippen LogP contribution in [0.15, 0.2) is 36.7 Å². The molecule has 4 nitrogen and oxygen atoms in total. The second-order valence-electron chi connectivity index (χ2n) is 4.52. The number of imidazole rings is 1. The van der Waals surface area contributed by atoms with Gasteiger partial charge in [0.1, 0.15) is 18.2 Å². The third-order valence-electron chi connectivity index (χ3n) is 2.92. The maximum atomic E-state index is 6.03. The van der Waals surface area contributed by atoms with Crippen molar-refractivity contribution in [1.29, 1.82) is 0 Å². The van der Waals surface area contributed by atoms with Gasteiger partial charge in [-0.3, -0.25) is 0 Å². The first-order valence-corrected chi connectivity index (χ1v) is 6.63. The Hall–Kier alpha value is -1.52. The monoisotopic (exact) mass is 279 g/mol. The van der Waals surface area contributed by atoms with Crippen LogP contribution < -0.4 is 10.5 Å². The van der Waals surface area contributed by atoms with E-state index in [1.165, 1.54) is 0 Å². The normalized spacial score (nSPS) is 12.4. The van der Waals surface area contributed by atoms with Gasteiger partial charge >= 0.3 is 0 Å². The fourth-order valence-electron chi connectivity index (χ4n) is 1.80. The smallest absolute Gasteiger partial charge is 0.120 e. The van der Waals surface area contributed by atoms with Crippen LogP contribution in [-0.2, 0) is 13.5 Å². The first-order valence-electron chi connectivity index (χ1n) is 6.25. The van der Waals surface area contributed by atoms with E-state index in [2.05, 4.69) is 4.98 Å².